The molecule has 0 amide bonds. The molecule has 2 saturated carbocycles. The summed E-state index contributed by atoms with van der Waals surface area (Å²) in [7, 11) is -1.20. The van der Waals surface area contributed by atoms with Gasteiger partial charge in [-0.2, -0.15) is 0 Å². The fourth-order valence-electron chi connectivity index (χ4n) is 4.30. The molecule has 0 unspecified atom stereocenters. The normalized spacial score (nSPS) is 34.6. The van der Waals surface area contributed by atoms with Gasteiger partial charge in [-0.05, 0) is 29.7 Å². The van der Waals surface area contributed by atoms with Crippen LogP contribution in [0.3, 0.4) is 0 Å². The summed E-state index contributed by atoms with van der Waals surface area (Å²) >= 11 is 5.95. The first kappa shape index (κ1) is 15.1. The van der Waals surface area contributed by atoms with E-state index in [1.54, 1.807) is 0 Å². The molecule has 1 aromatic rings. The van der Waals surface area contributed by atoms with Crippen molar-refractivity contribution in [2.24, 2.45) is 17.8 Å². The molecule has 0 bridgehead atoms. The summed E-state index contributed by atoms with van der Waals surface area (Å²) in [5.74, 6) is 2.33. The molecular weight excluding hydrogens is 304 g/mol. The molecule has 1 heterocycles. The van der Waals surface area contributed by atoms with E-state index in [4.69, 9.17) is 17.3 Å². The molecule has 0 spiro atoms. The zero-order valence-electron chi connectivity index (χ0n) is 12.7. The molecule has 1 aromatic heterocycles. The lowest BCUT2D eigenvalue weighted by atomic mass is 10.0. The second-order valence-electron chi connectivity index (χ2n) is 7.40. The largest absolute Gasteiger partial charge is 0.396 e. The molecule has 2 aliphatic rings. The molecule has 0 aliphatic heterocycles. The van der Waals surface area contributed by atoms with Crippen molar-refractivity contribution in [3.05, 3.63) is 11.5 Å². The number of hydrogen-bond donors (Lipinski definition) is 3. The van der Waals surface area contributed by atoms with Crippen LogP contribution in [0.4, 0.5) is 11.5 Å². The van der Waals surface area contributed by atoms with Crippen molar-refractivity contribution in [3.8, 4) is 0 Å². The third-order valence-electron chi connectivity index (χ3n) is 5.09. The summed E-state index contributed by atoms with van der Waals surface area (Å²) in [6, 6.07) is 0.331. The van der Waals surface area contributed by atoms with Gasteiger partial charge in [-0.25, -0.2) is 9.97 Å². The Labute approximate surface area is 131 Å². The molecule has 5 atom stereocenters. The minimum atomic E-state index is -1.20. The fourth-order valence-corrected chi connectivity index (χ4v) is 7.58. The van der Waals surface area contributed by atoms with Crippen molar-refractivity contribution in [2.45, 2.75) is 37.6 Å². The molecule has 7 heteroatoms. The van der Waals surface area contributed by atoms with Crippen LogP contribution in [0.15, 0.2) is 6.33 Å². The Kier molecular flexibility index (Phi) is 3.66. The Balaban J connectivity index is 1.79. The molecule has 4 N–H and O–H groups in total. The number of nitrogen functional groups attached to an aromatic ring is 1. The minimum Gasteiger partial charge on any atom is -0.396 e. The maximum atomic E-state index is 9.65. The molecule has 0 radical (unpaired) electrons. The van der Waals surface area contributed by atoms with Crippen molar-refractivity contribution in [2.75, 3.05) is 17.7 Å². The summed E-state index contributed by atoms with van der Waals surface area (Å²) in [6.45, 7) is 7.52. The highest BCUT2D eigenvalue weighted by Crippen LogP contribution is 2.68. The van der Waals surface area contributed by atoms with Crippen LogP contribution in [0.1, 0.15) is 6.42 Å². The van der Waals surface area contributed by atoms with E-state index in [-0.39, 0.29) is 6.61 Å². The van der Waals surface area contributed by atoms with Crippen molar-refractivity contribution in [1.29, 1.82) is 0 Å². The van der Waals surface area contributed by atoms with Crippen LogP contribution in [0.25, 0.3) is 0 Å². The van der Waals surface area contributed by atoms with Gasteiger partial charge >= 0.3 is 0 Å². The summed E-state index contributed by atoms with van der Waals surface area (Å²) in [6.07, 6.45) is 2.41. The SMILES string of the molecule is C[Si](C)(C)[C@H]1[C@@H]2[C@H](CO)C[C@H](Nc3ncnc(Cl)c3N)[C@H]21. The second-order valence-corrected chi connectivity index (χ2v) is 13.2. The lowest BCUT2D eigenvalue weighted by Gasteiger charge is -2.26. The van der Waals surface area contributed by atoms with Gasteiger partial charge in [0, 0.05) is 20.7 Å². The smallest absolute Gasteiger partial charge is 0.157 e. The predicted octanol–water partition coefficient (Wildman–Crippen LogP) is 2.46. The van der Waals surface area contributed by atoms with Crippen LogP contribution in [0, 0.1) is 17.8 Å². The molecule has 2 aliphatic carbocycles. The second kappa shape index (κ2) is 5.10. The van der Waals surface area contributed by atoms with Crippen LogP contribution in [0.2, 0.25) is 30.3 Å². The van der Waals surface area contributed by atoms with E-state index in [2.05, 4.69) is 34.9 Å². The van der Waals surface area contributed by atoms with Crippen molar-refractivity contribution in [1.82, 2.24) is 9.97 Å². The van der Waals surface area contributed by atoms with Gasteiger partial charge in [-0.3, -0.25) is 0 Å². The summed E-state index contributed by atoms with van der Waals surface area (Å²) < 4.78 is 0. The molecule has 5 nitrogen and oxygen atoms in total. The summed E-state index contributed by atoms with van der Waals surface area (Å²) in [5, 5.41) is 13.4. The zero-order chi connectivity index (χ0) is 15.4. The maximum absolute atomic E-state index is 9.65. The lowest BCUT2D eigenvalue weighted by molar-refractivity contribution is 0.213. The van der Waals surface area contributed by atoms with Crippen LogP contribution < -0.4 is 11.1 Å². The Morgan fingerprint density at radius 3 is 2.71 bits per heavy atom. The number of hydrogen-bond acceptors (Lipinski definition) is 5. The number of fused-ring (bicyclic) bond motifs is 1. The number of anilines is 2. The number of nitrogens with one attached hydrogen (secondary N) is 1. The third kappa shape index (κ3) is 2.53. The summed E-state index contributed by atoms with van der Waals surface area (Å²) in [5.41, 5.74) is 7.13. The Morgan fingerprint density at radius 2 is 2.10 bits per heavy atom. The fraction of sp³-hybridized carbons (Fsp3) is 0.714. The van der Waals surface area contributed by atoms with E-state index in [1.807, 2.05) is 0 Å². The summed E-state index contributed by atoms with van der Waals surface area (Å²) in [4.78, 5) is 8.10. The van der Waals surface area contributed by atoms with Crippen molar-refractivity contribution in [3.63, 3.8) is 0 Å². The van der Waals surface area contributed by atoms with E-state index >= 15 is 0 Å². The van der Waals surface area contributed by atoms with E-state index in [9.17, 15) is 5.11 Å². The molecule has 0 aromatic carbocycles. The molecule has 116 valence electrons. The monoisotopic (exact) mass is 326 g/mol. The topological polar surface area (TPSA) is 84.1 Å². The van der Waals surface area contributed by atoms with E-state index in [0.717, 1.165) is 12.0 Å². The molecule has 2 fully saturated rings. The van der Waals surface area contributed by atoms with Crippen LogP contribution in [-0.4, -0.2) is 35.8 Å². The van der Waals surface area contributed by atoms with Crippen LogP contribution in [0.5, 0.6) is 0 Å². The van der Waals surface area contributed by atoms with Gasteiger partial charge in [0.05, 0.1) is 0 Å². The first-order chi connectivity index (χ1) is 9.84. The molecular formula is C14H23ClN4OSi. The van der Waals surface area contributed by atoms with Gasteiger partial charge < -0.3 is 16.2 Å². The van der Waals surface area contributed by atoms with E-state index < -0.39 is 8.07 Å². The highest BCUT2D eigenvalue weighted by Gasteiger charge is 2.66. The third-order valence-corrected chi connectivity index (χ3v) is 8.16. The van der Waals surface area contributed by atoms with Gasteiger partial charge in [0.15, 0.2) is 11.0 Å². The average Bonchev–Trinajstić information content (AvgIpc) is 3.07. The van der Waals surface area contributed by atoms with Gasteiger partial charge in [0.2, 0.25) is 0 Å². The highest BCUT2D eigenvalue weighted by molar-refractivity contribution is 6.78. The molecule has 21 heavy (non-hydrogen) atoms. The number of aromatic nitrogens is 2. The first-order valence-electron chi connectivity index (χ1n) is 7.48. The highest BCUT2D eigenvalue weighted by atomic mass is 35.5. The molecule has 0 saturated heterocycles. The van der Waals surface area contributed by atoms with Gasteiger partial charge in [0.25, 0.3) is 0 Å². The van der Waals surface area contributed by atoms with Crippen molar-refractivity contribution < 1.29 is 5.11 Å². The Morgan fingerprint density at radius 1 is 1.38 bits per heavy atom. The van der Waals surface area contributed by atoms with Crippen LogP contribution >= 0.6 is 11.6 Å². The van der Waals surface area contributed by atoms with Gasteiger partial charge in [0.1, 0.15) is 12.0 Å². The van der Waals surface area contributed by atoms with Crippen molar-refractivity contribution >= 4 is 31.2 Å². The number of halogens is 1. The Bertz CT molecular complexity index is 550. The average molecular weight is 327 g/mol. The number of nitrogens with two attached hydrogens (primary N) is 1. The number of aliphatic hydroxyl groups is 1. The zero-order valence-corrected chi connectivity index (χ0v) is 14.4. The van der Waals surface area contributed by atoms with E-state index in [0.29, 0.717) is 40.5 Å². The number of nitrogens with zero attached hydrogens (tertiary/aromatic N) is 2. The minimum absolute atomic E-state index is 0.278. The quantitative estimate of drug-likeness (QED) is 0.584. The standard InChI is InChI=1S/C14H23ClN4OSi/c1-21(2,3)12-9-7(5-20)4-8(10(9)12)19-14-11(16)13(15)17-6-18-14/h6-10,12,20H,4-5,16H2,1-3H3,(H,17,18,19)/t7-,8-,9+,10+,12-/m0/s1. The lowest BCUT2D eigenvalue weighted by Crippen LogP contribution is -2.30. The Hall–Kier alpha value is -0.853. The first-order valence-corrected chi connectivity index (χ1v) is 11.4. The number of aliphatic hydroxyl groups excluding tert-OH is 1. The maximum Gasteiger partial charge on any atom is 0.157 e. The molecule has 3 rings (SSSR count). The van der Waals surface area contributed by atoms with Crippen LogP contribution in [-0.2, 0) is 0 Å². The van der Waals surface area contributed by atoms with Gasteiger partial charge in [-0.15, -0.1) is 0 Å². The number of rotatable bonds is 4. The predicted molar refractivity (Wildman–Crippen MR) is 88.1 cm³/mol. The van der Waals surface area contributed by atoms with Gasteiger partial charge in [-0.1, -0.05) is 31.2 Å². The van der Waals surface area contributed by atoms with E-state index in [1.165, 1.54) is 6.33 Å².